The van der Waals surface area contributed by atoms with E-state index in [9.17, 15) is 5.26 Å². The van der Waals surface area contributed by atoms with Gasteiger partial charge < -0.3 is 0 Å². The summed E-state index contributed by atoms with van der Waals surface area (Å²) in [4.78, 5) is 4.80. The lowest BCUT2D eigenvalue weighted by Crippen LogP contribution is -2.13. The molecular formula is C23H18N2S. The molecular weight excluding hydrogens is 336 g/mol. The van der Waals surface area contributed by atoms with E-state index in [2.05, 4.69) is 24.3 Å². The average Bonchev–Trinajstić information content (AvgIpc) is 3.12. The Labute approximate surface area is 157 Å². The van der Waals surface area contributed by atoms with Gasteiger partial charge in [0.05, 0.1) is 27.2 Å². The standard InChI is InChI=1S/C23H18N2S/c24-16-20(18-11-5-2-6-12-18)19(17-9-3-1-4-10-17)15-23-25-21-13-7-8-14-22(21)26-23/h1-14,19-20H,15H2. The Kier molecular flexibility index (Phi) is 4.77. The fraction of sp³-hybridized carbons (Fsp3) is 0.130. The highest BCUT2D eigenvalue weighted by atomic mass is 32.1. The van der Waals surface area contributed by atoms with Crippen molar-refractivity contribution in [2.75, 3.05) is 0 Å². The molecule has 0 aliphatic carbocycles. The van der Waals surface area contributed by atoms with Gasteiger partial charge in [-0.15, -0.1) is 11.3 Å². The van der Waals surface area contributed by atoms with E-state index in [1.54, 1.807) is 11.3 Å². The lowest BCUT2D eigenvalue weighted by Gasteiger charge is -2.22. The fourth-order valence-electron chi connectivity index (χ4n) is 3.38. The third-order valence-electron chi connectivity index (χ3n) is 4.66. The van der Waals surface area contributed by atoms with E-state index in [0.717, 1.165) is 22.5 Å². The van der Waals surface area contributed by atoms with Crippen molar-refractivity contribution in [3.8, 4) is 6.07 Å². The van der Waals surface area contributed by atoms with E-state index in [-0.39, 0.29) is 11.8 Å². The normalized spacial score (nSPS) is 13.2. The molecule has 2 atom stereocenters. The molecule has 0 amide bonds. The van der Waals surface area contributed by atoms with E-state index in [4.69, 9.17) is 4.98 Å². The Balaban J connectivity index is 1.74. The van der Waals surface area contributed by atoms with Crippen LogP contribution in [0.3, 0.4) is 0 Å². The van der Waals surface area contributed by atoms with Gasteiger partial charge in [-0.2, -0.15) is 5.26 Å². The highest BCUT2D eigenvalue weighted by Crippen LogP contribution is 2.37. The molecule has 3 aromatic carbocycles. The van der Waals surface area contributed by atoms with E-state index in [1.165, 1.54) is 10.3 Å². The van der Waals surface area contributed by atoms with Gasteiger partial charge in [0.25, 0.3) is 0 Å². The first-order valence-electron chi connectivity index (χ1n) is 8.69. The Morgan fingerprint density at radius 3 is 2.08 bits per heavy atom. The zero-order valence-corrected chi connectivity index (χ0v) is 15.1. The van der Waals surface area contributed by atoms with Crippen molar-refractivity contribution in [2.45, 2.75) is 18.3 Å². The van der Waals surface area contributed by atoms with Crippen molar-refractivity contribution in [2.24, 2.45) is 0 Å². The Hall–Kier alpha value is -2.96. The number of aromatic nitrogens is 1. The summed E-state index contributed by atoms with van der Waals surface area (Å²) < 4.78 is 1.20. The Morgan fingerprint density at radius 1 is 0.808 bits per heavy atom. The van der Waals surface area contributed by atoms with Crippen LogP contribution in [0, 0.1) is 11.3 Å². The summed E-state index contributed by atoms with van der Waals surface area (Å²) in [6.07, 6.45) is 0.760. The van der Waals surface area contributed by atoms with Gasteiger partial charge in [0, 0.05) is 12.3 Å². The van der Waals surface area contributed by atoms with Crippen LogP contribution in [-0.2, 0) is 6.42 Å². The van der Waals surface area contributed by atoms with Gasteiger partial charge in [-0.25, -0.2) is 4.98 Å². The lowest BCUT2D eigenvalue weighted by atomic mass is 9.80. The monoisotopic (exact) mass is 354 g/mol. The molecule has 1 aromatic heterocycles. The molecule has 0 bridgehead atoms. The smallest absolute Gasteiger partial charge is 0.0945 e. The van der Waals surface area contributed by atoms with Crippen LogP contribution in [0.2, 0.25) is 0 Å². The maximum absolute atomic E-state index is 9.96. The summed E-state index contributed by atoms with van der Waals surface area (Å²) in [6, 6.07) is 31.2. The van der Waals surface area contributed by atoms with Gasteiger partial charge in [-0.3, -0.25) is 0 Å². The first-order chi connectivity index (χ1) is 12.8. The molecule has 0 fully saturated rings. The van der Waals surface area contributed by atoms with Crippen LogP contribution in [0.4, 0.5) is 0 Å². The molecule has 2 unspecified atom stereocenters. The fourth-order valence-corrected chi connectivity index (χ4v) is 4.41. The summed E-state index contributed by atoms with van der Waals surface area (Å²) in [5.41, 5.74) is 3.28. The van der Waals surface area contributed by atoms with Gasteiger partial charge in [-0.1, -0.05) is 72.8 Å². The Bertz CT molecular complexity index is 999. The minimum Gasteiger partial charge on any atom is -0.241 e. The molecule has 0 saturated heterocycles. The number of rotatable bonds is 5. The predicted octanol–water partition coefficient (Wildman–Crippen LogP) is 5.93. The largest absolute Gasteiger partial charge is 0.241 e. The van der Waals surface area contributed by atoms with Gasteiger partial charge in [0.2, 0.25) is 0 Å². The van der Waals surface area contributed by atoms with Crippen molar-refractivity contribution < 1.29 is 0 Å². The van der Waals surface area contributed by atoms with Crippen molar-refractivity contribution in [3.05, 3.63) is 101 Å². The van der Waals surface area contributed by atoms with Crippen LogP contribution in [-0.4, -0.2) is 4.98 Å². The quantitative estimate of drug-likeness (QED) is 0.445. The second-order valence-corrected chi connectivity index (χ2v) is 7.43. The first-order valence-corrected chi connectivity index (χ1v) is 9.51. The van der Waals surface area contributed by atoms with Gasteiger partial charge in [-0.05, 0) is 23.3 Å². The minimum atomic E-state index is -0.203. The minimum absolute atomic E-state index is 0.0733. The zero-order chi connectivity index (χ0) is 17.8. The summed E-state index contributed by atoms with van der Waals surface area (Å²) in [7, 11) is 0. The molecule has 4 rings (SSSR count). The summed E-state index contributed by atoms with van der Waals surface area (Å²) in [5.74, 6) is -0.130. The topological polar surface area (TPSA) is 36.7 Å². The molecule has 0 radical (unpaired) electrons. The highest BCUT2D eigenvalue weighted by Gasteiger charge is 2.26. The average molecular weight is 354 g/mol. The second-order valence-electron chi connectivity index (χ2n) is 6.31. The third kappa shape index (κ3) is 3.37. The number of nitrogens with zero attached hydrogens (tertiary/aromatic N) is 2. The van der Waals surface area contributed by atoms with Crippen molar-refractivity contribution >= 4 is 21.6 Å². The molecule has 0 saturated carbocycles. The van der Waals surface area contributed by atoms with Crippen molar-refractivity contribution in [1.29, 1.82) is 5.26 Å². The summed E-state index contributed by atoms with van der Waals surface area (Å²) in [5, 5.41) is 11.0. The van der Waals surface area contributed by atoms with Crippen LogP contribution >= 0.6 is 11.3 Å². The van der Waals surface area contributed by atoms with E-state index in [1.807, 2.05) is 66.7 Å². The van der Waals surface area contributed by atoms with Crippen LogP contribution in [0.15, 0.2) is 84.9 Å². The van der Waals surface area contributed by atoms with Gasteiger partial charge >= 0.3 is 0 Å². The SMILES string of the molecule is N#CC(c1ccccc1)C(Cc1nc2ccccc2s1)c1ccccc1. The molecule has 126 valence electrons. The number of nitriles is 1. The molecule has 0 spiro atoms. The van der Waals surface area contributed by atoms with Crippen LogP contribution in [0.25, 0.3) is 10.2 Å². The van der Waals surface area contributed by atoms with Crippen molar-refractivity contribution in [1.82, 2.24) is 4.98 Å². The lowest BCUT2D eigenvalue weighted by molar-refractivity contribution is 0.622. The third-order valence-corrected chi connectivity index (χ3v) is 5.72. The maximum atomic E-state index is 9.96. The highest BCUT2D eigenvalue weighted by molar-refractivity contribution is 7.18. The van der Waals surface area contributed by atoms with Gasteiger partial charge in [0.1, 0.15) is 0 Å². The van der Waals surface area contributed by atoms with Gasteiger partial charge in [0.15, 0.2) is 0 Å². The molecule has 1 heterocycles. The molecule has 0 aliphatic rings. The number of para-hydroxylation sites is 1. The first kappa shape index (κ1) is 16.5. The number of fused-ring (bicyclic) bond motifs is 1. The van der Waals surface area contributed by atoms with Crippen molar-refractivity contribution in [3.63, 3.8) is 0 Å². The predicted molar refractivity (Wildman–Crippen MR) is 107 cm³/mol. The van der Waals surface area contributed by atoms with Crippen LogP contribution in [0.1, 0.15) is 28.0 Å². The molecule has 3 heteroatoms. The van der Waals surface area contributed by atoms with Crippen LogP contribution < -0.4 is 0 Å². The number of hydrogen-bond acceptors (Lipinski definition) is 3. The number of benzene rings is 3. The summed E-state index contributed by atoms with van der Waals surface area (Å²) >= 11 is 1.72. The summed E-state index contributed by atoms with van der Waals surface area (Å²) in [6.45, 7) is 0. The zero-order valence-electron chi connectivity index (χ0n) is 14.2. The second kappa shape index (κ2) is 7.51. The van der Waals surface area contributed by atoms with E-state index in [0.29, 0.717) is 0 Å². The molecule has 2 nitrogen and oxygen atoms in total. The maximum Gasteiger partial charge on any atom is 0.0945 e. The molecule has 4 aromatic rings. The van der Waals surface area contributed by atoms with E-state index < -0.39 is 0 Å². The number of thiazole rings is 1. The molecule has 0 N–H and O–H groups in total. The molecule has 26 heavy (non-hydrogen) atoms. The van der Waals surface area contributed by atoms with Crippen LogP contribution in [0.5, 0.6) is 0 Å². The number of hydrogen-bond donors (Lipinski definition) is 0. The molecule has 0 aliphatic heterocycles. The Morgan fingerprint density at radius 2 is 1.42 bits per heavy atom. The van der Waals surface area contributed by atoms with E-state index >= 15 is 0 Å².